The molecule has 23 heavy (non-hydrogen) atoms. The first-order chi connectivity index (χ1) is 10.6. The Labute approximate surface area is 152 Å². The molecule has 1 aromatic carbocycles. The monoisotopic (exact) mass is 444 g/mol. The summed E-state index contributed by atoms with van der Waals surface area (Å²) in [6.07, 6.45) is 5.05. The van der Waals surface area contributed by atoms with Crippen LogP contribution in [0.15, 0.2) is 29.8 Å². The number of rotatable bonds is 3. The quantitative estimate of drug-likeness (QED) is 0.495. The van der Waals surface area contributed by atoms with Crippen LogP contribution in [-0.2, 0) is 16.8 Å². The van der Waals surface area contributed by atoms with Crippen LogP contribution in [-0.4, -0.2) is 13.8 Å². The summed E-state index contributed by atoms with van der Waals surface area (Å²) in [5.74, 6) is 0.733. The van der Waals surface area contributed by atoms with Crippen molar-refractivity contribution in [1.82, 2.24) is 2.84 Å². The van der Waals surface area contributed by atoms with E-state index in [0.29, 0.717) is 6.04 Å². The van der Waals surface area contributed by atoms with Gasteiger partial charge < -0.3 is 0 Å². The van der Waals surface area contributed by atoms with Crippen LogP contribution >= 0.6 is 17.0 Å². The Morgan fingerprint density at radius 3 is 2.26 bits per heavy atom. The predicted octanol–water partition coefficient (Wildman–Crippen LogP) is 6.26. The number of halogens is 2. The molecule has 0 radical (unpaired) electrons. The minimum absolute atomic E-state index is 0.0163. The van der Waals surface area contributed by atoms with Crippen molar-refractivity contribution in [3.8, 4) is 0 Å². The maximum absolute atomic E-state index is 7.18. The Morgan fingerprint density at radius 1 is 1.13 bits per heavy atom. The summed E-state index contributed by atoms with van der Waals surface area (Å²) < 4.78 is 2.58. The molecule has 0 aliphatic heterocycles. The molecule has 0 saturated heterocycles. The first kappa shape index (κ1) is 18.4. The molecular formula is C18H26Cl2NSiZr. The van der Waals surface area contributed by atoms with E-state index in [1.165, 1.54) is 24.0 Å². The van der Waals surface area contributed by atoms with E-state index in [4.69, 9.17) is 17.0 Å². The van der Waals surface area contributed by atoms with Crippen LogP contribution in [0.4, 0.5) is 0 Å². The molecule has 0 bridgehead atoms. The van der Waals surface area contributed by atoms with E-state index in [0.717, 1.165) is 5.92 Å². The third kappa shape index (κ3) is 3.47. The van der Waals surface area contributed by atoms with Gasteiger partial charge in [-0.1, -0.05) is 0 Å². The van der Waals surface area contributed by atoms with E-state index in [-0.39, 0.29) is 5.54 Å². The molecule has 0 heterocycles. The summed E-state index contributed by atoms with van der Waals surface area (Å²) in [7, 11) is 14.4. The number of hydrogen-bond acceptors (Lipinski definition) is 1. The van der Waals surface area contributed by atoms with Crippen LogP contribution in [0.1, 0.15) is 50.8 Å². The van der Waals surface area contributed by atoms with Crippen molar-refractivity contribution >= 4 is 28.5 Å². The summed E-state index contributed by atoms with van der Waals surface area (Å²) in [4.78, 5) is 0. The van der Waals surface area contributed by atoms with Crippen LogP contribution < -0.4 is 0 Å². The van der Waals surface area contributed by atoms with Gasteiger partial charge in [0.25, 0.3) is 0 Å². The Bertz CT molecular complexity index is 706. The molecule has 3 rings (SSSR count). The average Bonchev–Trinajstić information content (AvgIpc) is 3.21. The fourth-order valence-corrected chi connectivity index (χ4v) is 18.1. The van der Waals surface area contributed by atoms with Crippen molar-refractivity contribution in [2.75, 3.05) is 0 Å². The first-order valence-corrected chi connectivity index (χ1v) is 22.0. The molecule has 5 heteroatoms. The van der Waals surface area contributed by atoms with Gasteiger partial charge in [0.1, 0.15) is 0 Å². The second kappa shape index (κ2) is 6.40. The summed E-state index contributed by atoms with van der Waals surface area (Å²) in [6, 6.07) is 9.10. The van der Waals surface area contributed by atoms with Gasteiger partial charge in [-0.15, -0.1) is 0 Å². The number of benzene rings is 1. The molecular weight excluding hydrogens is 420 g/mol. The third-order valence-corrected chi connectivity index (χ3v) is 35.7. The van der Waals surface area contributed by atoms with Crippen LogP contribution in [0.5, 0.6) is 0 Å². The van der Waals surface area contributed by atoms with Gasteiger partial charge in [0, 0.05) is 0 Å². The Morgan fingerprint density at radius 2 is 1.74 bits per heavy atom. The van der Waals surface area contributed by atoms with Crippen molar-refractivity contribution in [1.29, 1.82) is 0 Å². The van der Waals surface area contributed by atoms with Crippen molar-refractivity contribution in [3.05, 3.63) is 41.0 Å². The van der Waals surface area contributed by atoms with E-state index >= 15 is 0 Å². The van der Waals surface area contributed by atoms with Crippen molar-refractivity contribution < 1.29 is 16.8 Å². The zero-order chi connectivity index (χ0) is 17.0. The Balaban J connectivity index is 2.19. The summed E-state index contributed by atoms with van der Waals surface area (Å²) in [6.45, 7) is 11.4. The average molecular weight is 447 g/mol. The van der Waals surface area contributed by atoms with Crippen LogP contribution in [0.2, 0.25) is 13.1 Å². The number of fused-ring (bicyclic) bond motifs is 1. The van der Waals surface area contributed by atoms with Crippen molar-refractivity contribution in [3.63, 3.8) is 0 Å². The first-order valence-electron chi connectivity index (χ1n) is 8.42. The van der Waals surface area contributed by atoms with Gasteiger partial charge in [0.05, 0.1) is 0 Å². The summed E-state index contributed by atoms with van der Waals surface area (Å²) in [5, 5.41) is 0. The molecule has 1 nitrogen and oxygen atoms in total. The van der Waals surface area contributed by atoms with Gasteiger partial charge in [0.2, 0.25) is 0 Å². The molecule has 0 amide bonds. The van der Waals surface area contributed by atoms with E-state index in [9.17, 15) is 0 Å². The Kier molecular flexibility index (Phi) is 5.12. The van der Waals surface area contributed by atoms with Crippen LogP contribution in [0, 0.1) is 5.92 Å². The Hall–Kier alpha value is 0.600. The molecule has 2 aliphatic rings. The zero-order valence-electron chi connectivity index (χ0n) is 14.7. The van der Waals surface area contributed by atoms with Gasteiger partial charge in [-0.05, 0) is 0 Å². The van der Waals surface area contributed by atoms with Crippen molar-refractivity contribution in [2.45, 2.75) is 58.3 Å². The van der Waals surface area contributed by atoms with Crippen LogP contribution in [0.3, 0.4) is 0 Å². The number of hydrogen-bond donors (Lipinski definition) is 0. The zero-order valence-corrected chi connectivity index (χ0v) is 19.6. The van der Waals surface area contributed by atoms with Crippen molar-refractivity contribution in [2.24, 2.45) is 5.92 Å². The molecule has 1 aromatic rings. The molecule has 2 aliphatic carbocycles. The standard InChI is InChI=1S/C16H20N.C2H6Si.2ClH.Zr/c1-16(2,3)17-15-13-7-5-4-6-12(13)10-14(15)11-8-9-11;1-3-2;;;/h4-7,10-11,15H,8-9H2,1-3H3;1-2H3;2*1H;/q-1;;;;+3/p-2. The fraction of sp³-hybridized carbons (Fsp3) is 0.556. The van der Waals surface area contributed by atoms with Gasteiger partial charge >= 0.3 is 153 Å². The maximum atomic E-state index is 7.18. The van der Waals surface area contributed by atoms with Gasteiger partial charge in [-0.2, -0.15) is 0 Å². The summed E-state index contributed by atoms with van der Waals surface area (Å²) >= 11 is -3.37. The summed E-state index contributed by atoms with van der Waals surface area (Å²) in [5.41, 5.74) is 3.60. The minimum atomic E-state index is -3.37. The normalized spacial score (nSPS) is 21.4. The van der Waals surface area contributed by atoms with E-state index < -0.39 is 22.2 Å². The molecule has 1 atom stereocenters. The van der Waals surface area contributed by atoms with E-state index in [2.05, 4.69) is 67.1 Å². The third-order valence-electron chi connectivity index (χ3n) is 4.86. The van der Waals surface area contributed by atoms with E-state index in [1.54, 1.807) is 5.57 Å². The molecule has 125 valence electrons. The van der Waals surface area contributed by atoms with Gasteiger partial charge in [-0.25, -0.2) is 0 Å². The van der Waals surface area contributed by atoms with E-state index in [1.807, 2.05) is 0 Å². The molecule has 1 unspecified atom stereocenters. The second-order valence-electron chi connectivity index (χ2n) is 8.03. The second-order valence-corrected chi connectivity index (χ2v) is 36.9. The predicted molar refractivity (Wildman–Crippen MR) is 101 cm³/mol. The molecule has 1 saturated carbocycles. The molecule has 1 fully saturated rings. The molecule has 0 spiro atoms. The van der Waals surface area contributed by atoms with Gasteiger partial charge in [0.15, 0.2) is 0 Å². The van der Waals surface area contributed by atoms with Crippen LogP contribution in [0.25, 0.3) is 6.08 Å². The molecule has 0 N–H and O–H groups in total. The SMILES string of the molecule is C[Si](C)=[Zr]([Cl])([Cl])[N](C1C(C2CC2)=Cc2ccccc21)C(C)(C)C. The fourth-order valence-electron chi connectivity index (χ4n) is 3.59. The topological polar surface area (TPSA) is 3.24 Å². The molecule has 0 aromatic heterocycles. The van der Waals surface area contributed by atoms with Gasteiger partial charge in [-0.3, -0.25) is 0 Å². The number of nitrogens with zero attached hydrogens (tertiary/aromatic N) is 1.